The van der Waals surface area contributed by atoms with Crippen molar-refractivity contribution in [3.8, 4) is 6.07 Å². The molecule has 1 aromatic carbocycles. The van der Waals surface area contributed by atoms with E-state index in [-0.39, 0.29) is 18.7 Å². The number of carbonyl (C=O) groups is 1. The molecule has 0 atom stereocenters. The summed E-state index contributed by atoms with van der Waals surface area (Å²) >= 11 is 0. The molecule has 0 bridgehead atoms. The average Bonchev–Trinajstić information content (AvgIpc) is 2.28. The van der Waals surface area contributed by atoms with Gasteiger partial charge in [-0.1, -0.05) is 6.07 Å². The summed E-state index contributed by atoms with van der Waals surface area (Å²) in [6.45, 7) is 4.06. The summed E-state index contributed by atoms with van der Waals surface area (Å²) < 4.78 is 0. The highest BCUT2D eigenvalue weighted by Crippen LogP contribution is 2.18. The van der Waals surface area contributed by atoms with Gasteiger partial charge in [0.05, 0.1) is 6.07 Å². The van der Waals surface area contributed by atoms with E-state index >= 15 is 0 Å². The Labute approximate surface area is 96.3 Å². The molecule has 0 aliphatic carbocycles. The Bertz CT molecular complexity index is 432. The van der Waals surface area contributed by atoms with Crippen LogP contribution in [-0.4, -0.2) is 13.0 Å². The first kappa shape index (κ1) is 12.3. The average molecular weight is 216 g/mol. The van der Waals surface area contributed by atoms with Crippen molar-refractivity contribution in [2.45, 2.75) is 26.7 Å². The van der Waals surface area contributed by atoms with Gasteiger partial charge in [-0.15, -0.1) is 0 Å². The minimum Gasteiger partial charge on any atom is -0.315 e. The lowest BCUT2D eigenvalue weighted by atomic mass is 10.1. The number of benzene rings is 1. The molecule has 0 aliphatic rings. The van der Waals surface area contributed by atoms with E-state index in [9.17, 15) is 4.79 Å². The molecule has 84 valence electrons. The summed E-state index contributed by atoms with van der Waals surface area (Å²) in [5.41, 5.74) is 3.25. The fourth-order valence-electron chi connectivity index (χ4n) is 1.41. The van der Waals surface area contributed by atoms with Gasteiger partial charge in [0.2, 0.25) is 5.91 Å². The van der Waals surface area contributed by atoms with Gasteiger partial charge < -0.3 is 4.90 Å². The molecule has 0 saturated carbocycles. The van der Waals surface area contributed by atoms with Crippen LogP contribution >= 0.6 is 0 Å². The van der Waals surface area contributed by atoms with Crippen molar-refractivity contribution >= 4 is 11.6 Å². The van der Waals surface area contributed by atoms with Crippen molar-refractivity contribution in [1.82, 2.24) is 0 Å². The van der Waals surface area contributed by atoms with Crippen molar-refractivity contribution in [2.24, 2.45) is 0 Å². The SMILES string of the molecule is Cc1ccc(N(C)C(=O)CCC#N)cc1C. The monoisotopic (exact) mass is 216 g/mol. The van der Waals surface area contributed by atoms with Crippen LogP contribution in [0.2, 0.25) is 0 Å². The van der Waals surface area contributed by atoms with Gasteiger partial charge in [-0.3, -0.25) is 4.79 Å². The van der Waals surface area contributed by atoms with Crippen LogP contribution in [0.4, 0.5) is 5.69 Å². The normalized spacial score (nSPS) is 9.62. The minimum atomic E-state index is -0.0233. The first-order chi connectivity index (χ1) is 7.56. The number of amides is 1. The van der Waals surface area contributed by atoms with Crippen LogP contribution in [0.1, 0.15) is 24.0 Å². The fraction of sp³-hybridized carbons (Fsp3) is 0.385. The van der Waals surface area contributed by atoms with Gasteiger partial charge in [-0.05, 0) is 37.1 Å². The summed E-state index contributed by atoms with van der Waals surface area (Å²) in [4.78, 5) is 13.3. The number of nitriles is 1. The summed E-state index contributed by atoms with van der Waals surface area (Å²) in [5, 5.41) is 8.43. The first-order valence-electron chi connectivity index (χ1n) is 5.27. The maximum absolute atomic E-state index is 11.7. The van der Waals surface area contributed by atoms with Crippen LogP contribution in [0.5, 0.6) is 0 Å². The van der Waals surface area contributed by atoms with E-state index in [0.717, 1.165) is 11.3 Å². The molecule has 16 heavy (non-hydrogen) atoms. The number of aryl methyl sites for hydroxylation is 2. The van der Waals surface area contributed by atoms with Gasteiger partial charge in [-0.25, -0.2) is 0 Å². The van der Waals surface area contributed by atoms with Crippen LogP contribution in [-0.2, 0) is 4.79 Å². The van der Waals surface area contributed by atoms with Gasteiger partial charge in [0.15, 0.2) is 0 Å². The highest BCUT2D eigenvalue weighted by Gasteiger charge is 2.10. The van der Waals surface area contributed by atoms with Crippen LogP contribution in [0.3, 0.4) is 0 Å². The Morgan fingerprint density at radius 3 is 2.62 bits per heavy atom. The molecule has 0 saturated heterocycles. The lowest BCUT2D eigenvalue weighted by molar-refractivity contribution is -0.118. The van der Waals surface area contributed by atoms with Crippen LogP contribution < -0.4 is 4.90 Å². The standard InChI is InChI=1S/C13H16N2O/c1-10-6-7-12(9-11(10)2)15(3)13(16)5-4-8-14/h6-7,9H,4-5H2,1-3H3. The van der Waals surface area contributed by atoms with E-state index in [4.69, 9.17) is 5.26 Å². The Morgan fingerprint density at radius 1 is 1.38 bits per heavy atom. The quantitative estimate of drug-likeness (QED) is 0.779. The molecule has 0 unspecified atom stereocenters. The molecule has 1 aromatic rings. The lowest BCUT2D eigenvalue weighted by Gasteiger charge is -2.17. The van der Waals surface area contributed by atoms with Gasteiger partial charge in [-0.2, -0.15) is 5.26 Å². The molecule has 0 aliphatic heterocycles. The second-order valence-corrected chi connectivity index (χ2v) is 3.88. The Hall–Kier alpha value is -1.82. The molecular formula is C13H16N2O. The Morgan fingerprint density at radius 2 is 2.06 bits per heavy atom. The number of anilines is 1. The van der Waals surface area contributed by atoms with Gasteiger partial charge in [0.25, 0.3) is 0 Å². The van der Waals surface area contributed by atoms with Crippen LogP contribution in [0.15, 0.2) is 18.2 Å². The fourth-order valence-corrected chi connectivity index (χ4v) is 1.41. The second-order valence-electron chi connectivity index (χ2n) is 3.88. The zero-order valence-electron chi connectivity index (χ0n) is 9.95. The summed E-state index contributed by atoms with van der Waals surface area (Å²) in [5.74, 6) is -0.0233. The van der Waals surface area contributed by atoms with E-state index in [1.54, 1.807) is 11.9 Å². The van der Waals surface area contributed by atoms with Crippen LogP contribution in [0.25, 0.3) is 0 Å². The largest absolute Gasteiger partial charge is 0.315 e. The van der Waals surface area contributed by atoms with Crippen LogP contribution in [0, 0.1) is 25.2 Å². The van der Waals surface area contributed by atoms with E-state index in [0.29, 0.717) is 0 Å². The third-order valence-electron chi connectivity index (χ3n) is 2.70. The summed E-state index contributed by atoms with van der Waals surface area (Å²) in [6.07, 6.45) is 0.550. The zero-order valence-corrected chi connectivity index (χ0v) is 9.95. The van der Waals surface area contributed by atoms with E-state index < -0.39 is 0 Å². The number of nitrogens with zero attached hydrogens (tertiary/aromatic N) is 2. The van der Waals surface area contributed by atoms with Crippen molar-refractivity contribution in [2.75, 3.05) is 11.9 Å². The molecule has 1 rings (SSSR count). The molecular weight excluding hydrogens is 200 g/mol. The Kier molecular flexibility index (Phi) is 4.07. The third kappa shape index (κ3) is 2.83. The van der Waals surface area contributed by atoms with Crippen molar-refractivity contribution in [3.63, 3.8) is 0 Å². The Balaban J connectivity index is 2.80. The minimum absolute atomic E-state index is 0.0233. The molecule has 0 aromatic heterocycles. The highest BCUT2D eigenvalue weighted by atomic mass is 16.2. The predicted octanol–water partition coefficient (Wildman–Crippen LogP) is 2.57. The predicted molar refractivity (Wildman–Crippen MR) is 64.2 cm³/mol. The summed E-state index contributed by atoms with van der Waals surface area (Å²) in [6, 6.07) is 7.89. The van der Waals surface area contributed by atoms with Crippen molar-refractivity contribution in [1.29, 1.82) is 5.26 Å². The van der Waals surface area contributed by atoms with Crippen molar-refractivity contribution < 1.29 is 4.79 Å². The van der Waals surface area contributed by atoms with Crippen molar-refractivity contribution in [3.05, 3.63) is 29.3 Å². The third-order valence-corrected chi connectivity index (χ3v) is 2.70. The van der Waals surface area contributed by atoms with E-state index in [1.165, 1.54) is 5.56 Å². The number of hydrogen-bond acceptors (Lipinski definition) is 2. The number of rotatable bonds is 3. The molecule has 1 amide bonds. The van der Waals surface area contributed by atoms with Gasteiger partial charge >= 0.3 is 0 Å². The second kappa shape index (κ2) is 5.32. The van der Waals surface area contributed by atoms with E-state index in [2.05, 4.69) is 0 Å². The highest BCUT2D eigenvalue weighted by molar-refractivity contribution is 5.93. The maximum atomic E-state index is 11.7. The number of hydrogen-bond donors (Lipinski definition) is 0. The van der Waals surface area contributed by atoms with Gasteiger partial charge in [0, 0.05) is 25.6 Å². The number of carbonyl (C=O) groups excluding carboxylic acids is 1. The first-order valence-corrected chi connectivity index (χ1v) is 5.27. The molecule has 0 N–H and O–H groups in total. The maximum Gasteiger partial charge on any atom is 0.227 e. The lowest BCUT2D eigenvalue weighted by Crippen LogP contribution is -2.25. The summed E-state index contributed by atoms with van der Waals surface area (Å²) in [7, 11) is 1.74. The van der Waals surface area contributed by atoms with E-state index in [1.807, 2.05) is 38.1 Å². The molecule has 3 heteroatoms. The molecule has 0 heterocycles. The molecule has 3 nitrogen and oxygen atoms in total. The topological polar surface area (TPSA) is 44.1 Å². The molecule has 0 fully saturated rings. The molecule has 0 spiro atoms. The molecule has 0 radical (unpaired) electrons. The smallest absolute Gasteiger partial charge is 0.227 e. The van der Waals surface area contributed by atoms with Gasteiger partial charge in [0.1, 0.15) is 0 Å². The zero-order chi connectivity index (χ0) is 12.1.